The number of amides is 2. The summed E-state index contributed by atoms with van der Waals surface area (Å²) in [6.07, 6.45) is -0.825. The lowest BCUT2D eigenvalue weighted by molar-refractivity contribution is -0.154. The van der Waals surface area contributed by atoms with E-state index in [2.05, 4.69) is 15.2 Å². The first-order chi connectivity index (χ1) is 23.7. The number of benzene rings is 3. The summed E-state index contributed by atoms with van der Waals surface area (Å²) in [4.78, 5) is 61.1. The van der Waals surface area contributed by atoms with Crippen molar-refractivity contribution in [2.24, 2.45) is 0 Å². The quantitative estimate of drug-likeness (QED) is 0.182. The van der Waals surface area contributed by atoms with Gasteiger partial charge < -0.3 is 19.7 Å². The maximum absolute atomic E-state index is 14.1. The molecule has 1 aromatic heterocycles. The minimum absolute atomic E-state index is 0.104. The molecule has 1 fully saturated rings. The van der Waals surface area contributed by atoms with Crippen LogP contribution in [0.15, 0.2) is 102 Å². The number of esters is 2. The molecule has 3 aromatic carbocycles. The van der Waals surface area contributed by atoms with Gasteiger partial charge >= 0.3 is 11.9 Å². The molecule has 12 heteroatoms. The number of anilines is 1. The molecule has 0 radical (unpaired) electrons. The van der Waals surface area contributed by atoms with Crippen LogP contribution >= 0.6 is 0 Å². The number of nitrogens with zero attached hydrogens (tertiary/aromatic N) is 3. The second-order valence-corrected chi connectivity index (χ2v) is 13.2. The van der Waals surface area contributed by atoms with Gasteiger partial charge in [-0.2, -0.15) is 0 Å². The third kappa shape index (κ3) is 6.68. The zero-order valence-corrected chi connectivity index (χ0v) is 28.1. The van der Waals surface area contributed by atoms with Crippen molar-refractivity contribution >= 4 is 51.1 Å². The number of fused-ring (bicyclic) bond motifs is 2. The van der Waals surface area contributed by atoms with E-state index >= 15 is 0 Å². The molecule has 2 aliphatic heterocycles. The minimum atomic E-state index is -1.75. The SMILES string of the molecule is CCN(CC)c1cc(C(=O)N[C@@H]2C(=O)N3C(C(=O)OC(c4ccccc4)c4ccccc4)=C(COC(C)=O)CS(=O)[C@H]23)nc2ccccc12. The minimum Gasteiger partial charge on any atom is -0.461 e. The Morgan fingerprint density at radius 3 is 2.18 bits per heavy atom. The van der Waals surface area contributed by atoms with Crippen LogP contribution in [0, 0.1) is 0 Å². The number of carbonyl (C=O) groups is 4. The largest absolute Gasteiger partial charge is 0.461 e. The Morgan fingerprint density at radius 1 is 0.959 bits per heavy atom. The van der Waals surface area contributed by atoms with Crippen LogP contribution in [-0.4, -0.2) is 74.7 Å². The molecule has 4 aromatic rings. The Bertz CT molecular complexity index is 1920. The number of hydrogen-bond donors (Lipinski definition) is 1. The van der Waals surface area contributed by atoms with Gasteiger partial charge in [0.2, 0.25) is 0 Å². The lowest BCUT2D eigenvalue weighted by atomic mass is 10.0. The van der Waals surface area contributed by atoms with E-state index in [4.69, 9.17) is 9.47 Å². The van der Waals surface area contributed by atoms with Crippen molar-refractivity contribution in [3.05, 3.63) is 119 Å². The highest BCUT2D eigenvalue weighted by Crippen LogP contribution is 2.37. The predicted molar refractivity (Wildman–Crippen MR) is 185 cm³/mol. The van der Waals surface area contributed by atoms with Crippen LogP contribution in [0.1, 0.15) is 48.5 Å². The van der Waals surface area contributed by atoms with E-state index in [1.807, 2.05) is 98.8 Å². The third-order valence-corrected chi connectivity index (χ3v) is 10.2. The van der Waals surface area contributed by atoms with Crippen molar-refractivity contribution in [2.45, 2.75) is 38.3 Å². The molecule has 3 atom stereocenters. The van der Waals surface area contributed by atoms with Gasteiger partial charge in [-0.3, -0.25) is 23.5 Å². The molecule has 6 rings (SSSR count). The number of hydrogen-bond acceptors (Lipinski definition) is 9. The average Bonchev–Trinajstić information content (AvgIpc) is 3.12. The van der Waals surface area contributed by atoms with Crippen LogP contribution in [0.25, 0.3) is 10.9 Å². The Kier molecular flexibility index (Phi) is 9.86. The Balaban J connectivity index is 1.31. The fourth-order valence-electron chi connectivity index (χ4n) is 6.20. The third-order valence-electron chi connectivity index (χ3n) is 8.60. The van der Waals surface area contributed by atoms with E-state index < -0.39 is 52.1 Å². The molecule has 49 heavy (non-hydrogen) atoms. The maximum atomic E-state index is 14.1. The fraction of sp³-hybridized carbons (Fsp3) is 0.270. The van der Waals surface area contributed by atoms with E-state index in [1.165, 1.54) is 6.92 Å². The van der Waals surface area contributed by atoms with Crippen LogP contribution < -0.4 is 10.2 Å². The first kappa shape index (κ1) is 33.5. The van der Waals surface area contributed by atoms with Crippen LogP contribution in [0.3, 0.4) is 0 Å². The monoisotopic (exact) mass is 680 g/mol. The van der Waals surface area contributed by atoms with Gasteiger partial charge in [0.15, 0.2) is 6.10 Å². The van der Waals surface area contributed by atoms with E-state index in [-0.39, 0.29) is 29.3 Å². The van der Waals surface area contributed by atoms with Crippen LogP contribution in [0.4, 0.5) is 5.69 Å². The van der Waals surface area contributed by atoms with Crippen LogP contribution in [0.5, 0.6) is 0 Å². The van der Waals surface area contributed by atoms with E-state index in [0.717, 1.165) is 16.0 Å². The smallest absolute Gasteiger partial charge is 0.356 e. The molecule has 2 amide bonds. The van der Waals surface area contributed by atoms with Crippen molar-refractivity contribution < 1.29 is 32.9 Å². The number of para-hydroxylation sites is 1. The number of carbonyl (C=O) groups excluding carboxylic acids is 4. The molecular formula is C37H36N4O7S. The van der Waals surface area contributed by atoms with E-state index in [9.17, 15) is 23.4 Å². The molecule has 11 nitrogen and oxygen atoms in total. The predicted octanol–water partition coefficient (Wildman–Crippen LogP) is 4.26. The van der Waals surface area contributed by atoms with Crippen molar-refractivity contribution in [2.75, 3.05) is 30.3 Å². The summed E-state index contributed by atoms with van der Waals surface area (Å²) in [5.41, 5.74) is 3.00. The van der Waals surface area contributed by atoms with Crippen molar-refractivity contribution in [1.29, 1.82) is 0 Å². The van der Waals surface area contributed by atoms with Crippen LogP contribution in [-0.2, 0) is 34.7 Å². The molecule has 0 bridgehead atoms. The zero-order chi connectivity index (χ0) is 34.7. The van der Waals surface area contributed by atoms with Crippen molar-refractivity contribution in [3.8, 4) is 0 Å². The van der Waals surface area contributed by atoms with Crippen LogP contribution in [0.2, 0.25) is 0 Å². The molecule has 252 valence electrons. The highest BCUT2D eigenvalue weighted by Gasteiger charge is 2.57. The van der Waals surface area contributed by atoms with Gasteiger partial charge in [-0.15, -0.1) is 0 Å². The second-order valence-electron chi connectivity index (χ2n) is 11.6. The highest BCUT2D eigenvalue weighted by molar-refractivity contribution is 7.86. The number of nitrogens with one attached hydrogen (secondary N) is 1. The van der Waals surface area contributed by atoms with Gasteiger partial charge in [0.25, 0.3) is 11.8 Å². The maximum Gasteiger partial charge on any atom is 0.356 e. The number of aromatic nitrogens is 1. The second kappa shape index (κ2) is 14.4. The summed E-state index contributed by atoms with van der Waals surface area (Å²) in [6, 6.07) is 26.3. The molecule has 1 saturated heterocycles. The standard InChI is InChI=1S/C37H36N4O7S/c1-4-40(5-2)30-20-29(38-28-19-13-12-18-27(28)30)34(43)39-31-35(44)41-32(26(21-47-23(3)42)22-49(46)36(31)41)37(45)48-33(24-14-8-6-9-15-24)25-16-10-7-11-17-25/h6-20,31,33,36H,4-5,21-22H2,1-3H3,(H,39,43)/t31-,36-,49?/m1/s1. The molecule has 1 unspecified atom stereocenters. The Morgan fingerprint density at radius 2 is 1.57 bits per heavy atom. The summed E-state index contributed by atoms with van der Waals surface area (Å²) in [5, 5.41) is 2.57. The molecule has 0 spiro atoms. The first-order valence-electron chi connectivity index (χ1n) is 16.0. The van der Waals surface area contributed by atoms with Gasteiger partial charge in [-0.05, 0) is 37.1 Å². The number of rotatable bonds is 11. The number of β-lactam (4-membered cyclic amide) rings is 1. The number of pyridine rings is 1. The fourth-order valence-corrected chi connectivity index (χ4v) is 7.87. The van der Waals surface area contributed by atoms with Gasteiger partial charge in [-0.1, -0.05) is 78.9 Å². The summed E-state index contributed by atoms with van der Waals surface area (Å²) < 4.78 is 24.9. The van der Waals surface area contributed by atoms with Crippen molar-refractivity contribution in [1.82, 2.24) is 15.2 Å². The highest BCUT2D eigenvalue weighted by atomic mass is 32.2. The lowest BCUT2D eigenvalue weighted by Gasteiger charge is -2.49. The molecule has 0 saturated carbocycles. The van der Waals surface area contributed by atoms with Crippen molar-refractivity contribution in [3.63, 3.8) is 0 Å². The van der Waals surface area contributed by atoms with E-state index in [0.29, 0.717) is 29.7 Å². The normalized spacial score (nSPS) is 18.5. The Hall–Kier alpha value is -5.36. The molecular weight excluding hydrogens is 644 g/mol. The van der Waals surface area contributed by atoms with E-state index in [1.54, 1.807) is 6.07 Å². The summed E-state index contributed by atoms with van der Waals surface area (Å²) in [5.74, 6) is -2.87. The lowest BCUT2D eigenvalue weighted by Crippen LogP contribution is -2.73. The molecule has 2 aliphatic rings. The average molecular weight is 681 g/mol. The topological polar surface area (TPSA) is 135 Å². The van der Waals surface area contributed by atoms with Gasteiger partial charge in [0.05, 0.1) is 22.1 Å². The molecule has 0 aliphatic carbocycles. The summed E-state index contributed by atoms with van der Waals surface area (Å²) >= 11 is 0. The van der Waals surface area contributed by atoms with Gasteiger partial charge in [-0.25, -0.2) is 9.78 Å². The Labute approximate surface area is 286 Å². The first-order valence-corrected chi connectivity index (χ1v) is 17.4. The molecule has 3 heterocycles. The summed E-state index contributed by atoms with van der Waals surface area (Å²) in [6.45, 7) is 6.32. The van der Waals surface area contributed by atoms with Gasteiger partial charge in [0, 0.05) is 36.7 Å². The zero-order valence-electron chi connectivity index (χ0n) is 27.3. The molecule has 1 N–H and O–H groups in total. The summed E-state index contributed by atoms with van der Waals surface area (Å²) in [7, 11) is -1.75. The van der Waals surface area contributed by atoms with Gasteiger partial charge in [0.1, 0.15) is 29.4 Å². The number of ether oxygens (including phenoxy) is 2.